The van der Waals surface area contributed by atoms with Gasteiger partial charge in [-0.15, -0.1) is 0 Å². The van der Waals surface area contributed by atoms with Crippen molar-refractivity contribution in [3.05, 3.63) is 58.8 Å². The predicted octanol–water partition coefficient (Wildman–Crippen LogP) is 3.69. The monoisotopic (exact) mass is 436 g/mol. The molecule has 7 heteroatoms. The van der Waals surface area contributed by atoms with Crippen LogP contribution in [0.2, 0.25) is 0 Å². The fraction of sp³-hybridized carbons (Fsp3) is 0.360. The number of carbonyl (C=O) groups excluding carboxylic acids is 2. The van der Waals surface area contributed by atoms with Crippen molar-refractivity contribution in [3.8, 4) is 11.5 Å². The van der Waals surface area contributed by atoms with Crippen molar-refractivity contribution in [2.24, 2.45) is 0 Å². The molecule has 2 aliphatic heterocycles. The lowest BCUT2D eigenvalue weighted by atomic mass is 9.99. The molecule has 32 heavy (non-hydrogen) atoms. The molecule has 2 aromatic rings. The van der Waals surface area contributed by atoms with Gasteiger partial charge >= 0.3 is 0 Å². The molecule has 0 saturated heterocycles. The second kappa shape index (κ2) is 9.04. The standard InChI is InChI=1S/C25H28N2O5/c1-15(2)30-10-9-27-24(28)22(18-6-5-16(3)17(4)13-18)23(25(27)29)26-19-7-8-20-21(14-19)32-12-11-31-20/h5-8,13-15,26H,9-12H2,1-4H3. The number of imide groups is 1. The van der Waals surface area contributed by atoms with Crippen molar-refractivity contribution < 1.29 is 23.8 Å². The lowest BCUT2D eigenvalue weighted by Gasteiger charge is -2.19. The van der Waals surface area contributed by atoms with Crippen molar-refractivity contribution in [3.63, 3.8) is 0 Å². The van der Waals surface area contributed by atoms with Crippen molar-refractivity contribution in [2.45, 2.75) is 33.8 Å². The van der Waals surface area contributed by atoms with Crippen LogP contribution >= 0.6 is 0 Å². The van der Waals surface area contributed by atoms with Gasteiger partial charge in [0.1, 0.15) is 18.9 Å². The van der Waals surface area contributed by atoms with E-state index in [4.69, 9.17) is 14.2 Å². The van der Waals surface area contributed by atoms with Crippen LogP contribution in [0.25, 0.3) is 5.57 Å². The van der Waals surface area contributed by atoms with Crippen molar-refractivity contribution in [1.29, 1.82) is 0 Å². The van der Waals surface area contributed by atoms with E-state index >= 15 is 0 Å². The van der Waals surface area contributed by atoms with Gasteiger partial charge in [-0.3, -0.25) is 14.5 Å². The first-order valence-electron chi connectivity index (χ1n) is 10.8. The maximum atomic E-state index is 13.3. The number of ether oxygens (including phenoxy) is 3. The van der Waals surface area contributed by atoms with Crippen LogP contribution in [0.3, 0.4) is 0 Å². The summed E-state index contributed by atoms with van der Waals surface area (Å²) in [5, 5.41) is 3.17. The number of amides is 2. The van der Waals surface area contributed by atoms with Crippen LogP contribution in [-0.2, 0) is 14.3 Å². The summed E-state index contributed by atoms with van der Waals surface area (Å²) in [7, 11) is 0. The summed E-state index contributed by atoms with van der Waals surface area (Å²) in [6.07, 6.45) is 0.0188. The first kappa shape index (κ1) is 21.9. The first-order chi connectivity index (χ1) is 15.3. The third-order valence-electron chi connectivity index (χ3n) is 5.54. The van der Waals surface area contributed by atoms with E-state index in [-0.39, 0.29) is 36.8 Å². The highest BCUT2D eigenvalue weighted by molar-refractivity contribution is 6.36. The molecule has 2 aliphatic rings. The van der Waals surface area contributed by atoms with Gasteiger partial charge in [0.05, 0.1) is 24.8 Å². The maximum absolute atomic E-state index is 13.3. The van der Waals surface area contributed by atoms with Crippen molar-refractivity contribution in [2.75, 3.05) is 31.7 Å². The van der Waals surface area contributed by atoms with Gasteiger partial charge in [0, 0.05) is 11.8 Å². The number of fused-ring (bicyclic) bond motifs is 1. The molecule has 0 saturated carbocycles. The van der Waals surface area contributed by atoms with E-state index in [1.807, 2.05) is 45.9 Å². The smallest absolute Gasteiger partial charge is 0.278 e. The van der Waals surface area contributed by atoms with E-state index in [0.29, 0.717) is 41.5 Å². The Hall–Kier alpha value is -3.32. The minimum Gasteiger partial charge on any atom is -0.486 e. The molecular formula is C25H28N2O5. The summed E-state index contributed by atoms with van der Waals surface area (Å²) >= 11 is 0. The van der Waals surface area contributed by atoms with Crippen LogP contribution < -0.4 is 14.8 Å². The number of hydrogen-bond acceptors (Lipinski definition) is 6. The molecule has 2 aromatic carbocycles. The van der Waals surface area contributed by atoms with E-state index in [1.165, 1.54) is 4.90 Å². The Kier molecular flexibility index (Phi) is 6.19. The van der Waals surface area contributed by atoms with E-state index in [0.717, 1.165) is 11.1 Å². The van der Waals surface area contributed by atoms with E-state index < -0.39 is 0 Å². The minimum atomic E-state index is -0.370. The van der Waals surface area contributed by atoms with Crippen LogP contribution in [0.4, 0.5) is 5.69 Å². The summed E-state index contributed by atoms with van der Waals surface area (Å²) in [4.78, 5) is 27.9. The van der Waals surface area contributed by atoms with Crippen LogP contribution in [0, 0.1) is 13.8 Å². The topological polar surface area (TPSA) is 77.1 Å². The average Bonchev–Trinajstić information content (AvgIpc) is 2.99. The zero-order chi connectivity index (χ0) is 22.8. The molecule has 2 heterocycles. The summed E-state index contributed by atoms with van der Waals surface area (Å²) in [6, 6.07) is 11.2. The molecule has 1 N–H and O–H groups in total. The molecule has 0 radical (unpaired) electrons. The molecule has 168 valence electrons. The molecule has 0 atom stereocenters. The Morgan fingerprint density at radius 2 is 1.72 bits per heavy atom. The second-order valence-corrected chi connectivity index (χ2v) is 8.21. The fourth-order valence-electron chi connectivity index (χ4n) is 3.70. The highest BCUT2D eigenvalue weighted by Crippen LogP contribution is 2.35. The molecule has 2 amide bonds. The molecule has 0 bridgehead atoms. The zero-order valence-electron chi connectivity index (χ0n) is 18.9. The molecule has 0 unspecified atom stereocenters. The van der Waals surface area contributed by atoms with E-state index in [9.17, 15) is 9.59 Å². The zero-order valence-corrected chi connectivity index (χ0v) is 18.9. The van der Waals surface area contributed by atoms with Crippen molar-refractivity contribution >= 4 is 23.1 Å². The highest BCUT2D eigenvalue weighted by Gasteiger charge is 2.39. The summed E-state index contributed by atoms with van der Waals surface area (Å²) in [5.41, 5.74) is 4.13. The quantitative estimate of drug-likeness (QED) is 0.667. The summed E-state index contributed by atoms with van der Waals surface area (Å²) in [6.45, 7) is 9.28. The Bertz CT molecular complexity index is 1090. The number of anilines is 1. The minimum absolute atomic E-state index is 0.0188. The van der Waals surface area contributed by atoms with E-state index in [2.05, 4.69) is 5.32 Å². The number of carbonyl (C=O) groups is 2. The van der Waals surface area contributed by atoms with Gasteiger partial charge in [-0.2, -0.15) is 0 Å². The average molecular weight is 437 g/mol. The Morgan fingerprint density at radius 3 is 2.44 bits per heavy atom. The normalized spacial score (nSPS) is 15.7. The SMILES string of the molecule is Cc1ccc(C2=C(Nc3ccc4c(c3)OCCO4)C(=O)N(CCOC(C)C)C2=O)cc1C. The third-order valence-corrected chi connectivity index (χ3v) is 5.54. The third kappa shape index (κ3) is 4.34. The van der Waals surface area contributed by atoms with Crippen LogP contribution in [-0.4, -0.2) is 49.2 Å². The van der Waals surface area contributed by atoms with Gasteiger partial charge in [-0.05, 0) is 56.5 Å². The molecule has 4 rings (SSSR count). The van der Waals surface area contributed by atoms with Crippen LogP contribution in [0.1, 0.15) is 30.5 Å². The maximum Gasteiger partial charge on any atom is 0.278 e. The largest absolute Gasteiger partial charge is 0.486 e. The second-order valence-electron chi connectivity index (χ2n) is 8.21. The lowest BCUT2D eigenvalue weighted by molar-refractivity contribution is -0.137. The van der Waals surface area contributed by atoms with Gasteiger partial charge in [0.25, 0.3) is 11.8 Å². The molecular weight excluding hydrogens is 408 g/mol. The molecule has 0 aliphatic carbocycles. The highest BCUT2D eigenvalue weighted by atomic mass is 16.6. The summed E-state index contributed by atoms with van der Waals surface area (Å²) in [5.74, 6) is 0.566. The van der Waals surface area contributed by atoms with Crippen LogP contribution in [0.15, 0.2) is 42.1 Å². The number of nitrogens with one attached hydrogen (secondary N) is 1. The van der Waals surface area contributed by atoms with E-state index in [1.54, 1.807) is 18.2 Å². The van der Waals surface area contributed by atoms with Gasteiger partial charge < -0.3 is 19.5 Å². The van der Waals surface area contributed by atoms with Crippen molar-refractivity contribution in [1.82, 2.24) is 4.90 Å². The fourth-order valence-corrected chi connectivity index (χ4v) is 3.70. The molecule has 0 aromatic heterocycles. The first-order valence-corrected chi connectivity index (χ1v) is 10.8. The molecule has 7 nitrogen and oxygen atoms in total. The Balaban J connectivity index is 1.69. The van der Waals surface area contributed by atoms with Gasteiger partial charge in [0.2, 0.25) is 0 Å². The number of benzene rings is 2. The Morgan fingerprint density at radius 1 is 0.969 bits per heavy atom. The number of hydrogen-bond donors (Lipinski definition) is 1. The number of nitrogens with zero attached hydrogens (tertiary/aromatic N) is 1. The lowest BCUT2D eigenvalue weighted by Crippen LogP contribution is -2.35. The number of aryl methyl sites for hydroxylation is 2. The van der Waals surface area contributed by atoms with Gasteiger partial charge in [0.15, 0.2) is 11.5 Å². The van der Waals surface area contributed by atoms with Gasteiger partial charge in [-0.1, -0.05) is 18.2 Å². The Labute approximate surface area is 188 Å². The van der Waals surface area contributed by atoms with Gasteiger partial charge in [-0.25, -0.2) is 0 Å². The predicted molar refractivity (Wildman–Crippen MR) is 122 cm³/mol. The molecule has 0 fully saturated rings. The van der Waals surface area contributed by atoms with Crippen LogP contribution in [0.5, 0.6) is 11.5 Å². The molecule has 0 spiro atoms. The summed E-state index contributed by atoms with van der Waals surface area (Å²) < 4.78 is 16.8. The number of rotatable bonds is 7.